The molecule has 1 amide bonds. The summed E-state index contributed by atoms with van der Waals surface area (Å²) in [5.41, 5.74) is 8.12. The Bertz CT molecular complexity index is 607. The molecule has 102 valence electrons. The number of carbonyl (C=O) groups excluding carboxylic acids is 1. The van der Waals surface area contributed by atoms with Crippen LogP contribution in [0.5, 0.6) is 0 Å². The van der Waals surface area contributed by atoms with Crippen molar-refractivity contribution in [3.05, 3.63) is 54.6 Å². The van der Waals surface area contributed by atoms with Gasteiger partial charge in [-0.3, -0.25) is 4.79 Å². The first-order valence-electron chi connectivity index (χ1n) is 6.11. The van der Waals surface area contributed by atoms with E-state index in [-0.39, 0.29) is 18.2 Å². The zero-order valence-corrected chi connectivity index (χ0v) is 10.8. The number of hydrogen-bond acceptors (Lipinski definition) is 3. The van der Waals surface area contributed by atoms with Crippen LogP contribution in [0.1, 0.15) is 6.42 Å². The minimum atomic E-state index is -0.326. The first-order valence-corrected chi connectivity index (χ1v) is 6.11. The third-order valence-corrected chi connectivity index (χ3v) is 2.75. The van der Waals surface area contributed by atoms with E-state index in [0.29, 0.717) is 5.69 Å². The van der Waals surface area contributed by atoms with Gasteiger partial charge in [-0.1, -0.05) is 47.6 Å². The quantitative estimate of drug-likeness (QED) is 0.345. The van der Waals surface area contributed by atoms with Crippen LogP contribution in [0, 0.1) is 0 Å². The minimum Gasteiger partial charge on any atom is -0.409 e. The summed E-state index contributed by atoms with van der Waals surface area (Å²) in [7, 11) is 0. The molecule has 5 nitrogen and oxygen atoms in total. The molecule has 0 spiro atoms. The van der Waals surface area contributed by atoms with Gasteiger partial charge in [0.25, 0.3) is 0 Å². The highest BCUT2D eigenvalue weighted by Crippen LogP contribution is 2.20. The van der Waals surface area contributed by atoms with Crippen molar-refractivity contribution in [3.63, 3.8) is 0 Å². The number of benzene rings is 2. The number of oxime groups is 1. The fourth-order valence-corrected chi connectivity index (χ4v) is 1.78. The van der Waals surface area contributed by atoms with E-state index in [1.165, 1.54) is 0 Å². The maximum absolute atomic E-state index is 11.6. The van der Waals surface area contributed by atoms with E-state index >= 15 is 0 Å². The smallest absolute Gasteiger partial charge is 0.232 e. The average molecular weight is 269 g/mol. The zero-order valence-electron chi connectivity index (χ0n) is 10.8. The third kappa shape index (κ3) is 3.58. The molecule has 0 saturated carbocycles. The van der Waals surface area contributed by atoms with Gasteiger partial charge in [-0.15, -0.1) is 0 Å². The summed E-state index contributed by atoms with van der Waals surface area (Å²) in [6.07, 6.45) is -0.142. The number of rotatable bonds is 4. The number of anilines is 1. The molecule has 2 aromatic carbocycles. The van der Waals surface area contributed by atoms with E-state index in [2.05, 4.69) is 10.5 Å². The van der Waals surface area contributed by atoms with Gasteiger partial charge in [-0.2, -0.15) is 0 Å². The maximum atomic E-state index is 11.6. The Labute approximate surface area is 116 Å². The molecule has 0 bridgehead atoms. The van der Waals surface area contributed by atoms with Crippen LogP contribution in [0.15, 0.2) is 59.8 Å². The Morgan fingerprint density at radius 1 is 1.05 bits per heavy atom. The number of nitrogens with zero attached hydrogens (tertiary/aromatic N) is 1. The van der Waals surface area contributed by atoms with Crippen molar-refractivity contribution in [2.75, 3.05) is 5.32 Å². The fraction of sp³-hybridized carbons (Fsp3) is 0.0667. The molecule has 0 aliphatic rings. The molecule has 2 rings (SSSR count). The summed E-state index contributed by atoms with van der Waals surface area (Å²) in [4.78, 5) is 11.6. The number of hydrogen-bond donors (Lipinski definition) is 3. The molecule has 0 atom stereocenters. The molecular weight excluding hydrogens is 254 g/mol. The van der Waals surface area contributed by atoms with Crippen molar-refractivity contribution >= 4 is 17.4 Å². The molecule has 2 aromatic rings. The zero-order chi connectivity index (χ0) is 14.4. The van der Waals surface area contributed by atoms with E-state index in [1.54, 1.807) is 0 Å². The fourth-order valence-electron chi connectivity index (χ4n) is 1.78. The Balaban J connectivity index is 2.04. The molecule has 0 unspecified atom stereocenters. The Morgan fingerprint density at radius 2 is 1.65 bits per heavy atom. The van der Waals surface area contributed by atoms with Gasteiger partial charge in [0.15, 0.2) is 0 Å². The maximum Gasteiger partial charge on any atom is 0.232 e. The lowest BCUT2D eigenvalue weighted by atomic mass is 10.1. The lowest BCUT2D eigenvalue weighted by Gasteiger charge is -2.06. The van der Waals surface area contributed by atoms with Crippen molar-refractivity contribution in [1.82, 2.24) is 0 Å². The largest absolute Gasteiger partial charge is 0.409 e. The van der Waals surface area contributed by atoms with Gasteiger partial charge >= 0.3 is 0 Å². The lowest BCUT2D eigenvalue weighted by Crippen LogP contribution is -2.21. The van der Waals surface area contributed by atoms with Gasteiger partial charge in [0.05, 0.1) is 6.42 Å². The normalized spacial score (nSPS) is 11.1. The average Bonchev–Trinajstić information content (AvgIpc) is 2.48. The Hall–Kier alpha value is -2.82. The number of amidine groups is 1. The van der Waals surface area contributed by atoms with Crippen molar-refractivity contribution in [2.45, 2.75) is 6.42 Å². The van der Waals surface area contributed by atoms with Crippen LogP contribution >= 0.6 is 0 Å². The highest BCUT2D eigenvalue weighted by molar-refractivity contribution is 6.04. The van der Waals surface area contributed by atoms with E-state index in [4.69, 9.17) is 10.9 Å². The molecule has 0 aliphatic heterocycles. The van der Waals surface area contributed by atoms with Crippen molar-refractivity contribution in [1.29, 1.82) is 0 Å². The molecule has 0 saturated heterocycles. The van der Waals surface area contributed by atoms with Gasteiger partial charge in [0, 0.05) is 5.69 Å². The summed E-state index contributed by atoms with van der Waals surface area (Å²) in [5, 5.41) is 13.8. The molecule has 0 radical (unpaired) electrons. The molecule has 0 heterocycles. The minimum absolute atomic E-state index is 0.122. The van der Waals surface area contributed by atoms with Gasteiger partial charge in [0.2, 0.25) is 5.91 Å². The van der Waals surface area contributed by atoms with Crippen LogP contribution < -0.4 is 11.1 Å². The monoisotopic (exact) mass is 269 g/mol. The SMILES string of the molecule is NC(CC(=O)Nc1ccc(-c2ccccc2)cc1)=NO. The third-order valence-electron chi connectivity index (χ3n) is 2.75. The van der Waals surface area contributed by atoms with Crippen LogP contribution in [0.3, 0.4) is 0 Å². The standard InChI is InChI=1S/C15H15N3O2/c16-14(18-20)10-15(19)17-13-8-6-12(7-9-13)11-4-2-1-3-5-11/h1-9,20H,10H2,(H2,16,18)(H,17,19). The van der Waals surface area contributed by atoms with E-state index < -0.39 is 0 Å². The predicted octanol–water partition coefficient (Wildman–Crippen LogP) is 2.43. The Kier molecular flexibility index (Phi) is 4.34. The molecular formula is C15H15N3O2. The number of nitrogens with one attached hydrogen (secondary N) is 1. The highest BCUT2D eigenvalue weighted by Gasteiger charge is 2.05. The molecule has 0 aliphatic carbocycles. The highest BCUT2D eigenvalue weighted by atomic mass is 16.4. The first kappa shape index (κ1) is 13.6. The molecule has 0 aromatic heterocycles. The molecule has 0 fully saturated rings. The van der Waals surface area contributed by atoms with Crippen LogP contribution in [-0.2, 0) is 4.79 Å². The van der Waals surface area contributed by atoms with Crippen LogP contribution in [0.4, 0.5) is 5.69 Å². The second-order valence-electron chi connectivity index (χ2n) is 4.26. The van der Waals surface area contributed by atoms with Crippen molar-refractivity contribution in [2.24, 2.45) is 10.9 Å². The van der Waals surface area contributed by atoms with Crippen LogP contribution in [-0.4, -0.2) is 17.0 Å². The van der Waals surface area contributed by atoms with Crippen LogP contribution in [0.2, 0.25) is 0 Å². The van der Waals surface area contributed by atoms with Gasteiger partial charge in [-0.25, -0.2) is 0 Å². The van der Waals surface area contributed by atoms with Crippen molar-refractivity contribution in [3.8, 4) is 11.1 Å². The van der Waals surface area contributed by atoms with Gasteiger partial charge in [0.1, 0.15) is 5.84 Å². The van der Waals surface area contributed by atoms with Gasteiger partial charge < -0.3 is 16.3 Å². The van der Waals surface area contributed by atoms with Crippen molar-refractivity contribution < 1.29 is 10.0 Å². The predicted molar refractivity (Wildman–Crippen MR) is 78.5 cm³/mol. The topological polar surface area (TPSA) is 87.7 Å². The van der Waals surface area contributed by atoms with E-state index in [0.717, 1.165) is 11.1 Å². The second-order valence-corrected chi connectivity index (χ2v) is 4.26. The number of carbonyl (C=O) groups is 1. The first-order chi connectivity index (χ1) is 9.69. The Morgan fingerprint density at radius 3 is 2.25 bits per heavy atom. The summed E-state index contributed by atoms with van der Waals surface area (Å²) in [6, 6.07) is 17.4. The van der Waals surface area contributed by atoms with E-state index in [9.17, 15) is 4.79 Å². The summed E-state index contributed by atoms with van der Waals surface area (Å²) < 4.78 is 0. The molecule has 20 heavy (non-hydrogen) atoms. The number of amides is 1. The van der Waals surface area contributed by atoms with Gasteiger partial charge in [-0.05, 0) is 23.3 Å². The molecule has 4 N–H and O–H groups in total. The molecule has 5 heteroatoms. The number of nitrogens with two attached hydrogens (primary N) is 1. The summed E-state index contributed by atoms with van der Waals surface area (Å²) in [6.45, 7) is 0. The van der Waals surface area contributed by atoms with E-state index in [1.807, 2.05) is 54.6 Å². The second kappa shape index (κ2) is 6.38. The summed E-state index contributed by atoms with van der Waals surface area (Å²) >= 11 is 0. The lowest BCUT2D eigenvalue weighted by molar-refractivity contribution is -0.115. The van der Waals surface area contributed by atoms with Crippen LogP contribution in [0.25, 0.3) is 11.1 Å². The summed E-state index contributed by atoms with van der Waals surface area (Å²) in [5.74, 6) is -0.448.